The number of likely N-dealkylation sites (N-methyl/N-ethyl adjacent to an activating group) is 1. The van der Waals surface area contributed by atoms with Crippen LogP contribution in [0.1, 0.15) is 72.0 Å². The van der Waals surface area contributed by atoms with Crippen molar-refractivity contribution in [2.24, 2.45) is 11.8 Å². The summed E-state index contributed by atoms with van der Waals surface area (Å²) in [6.07, 6.45) is 3.31. The summed E-state index contributed by atoms with van der Waals surface area (Å²) in [4.78, 5) is 61.0. The molecule has 0 radical (unpaired) electrons. The first-order valence-corrected chi connectivity index (χ1v) is 17.4. The summed E-state index contributed by atoms with van der Waals surface area (Å²) >= 11 is 3.72. The maximum Gasteiger partial charge on any atom is 0.313 e. The molecule has 10 nitrogen and oxygen atoms in total. The quantitative estimate of drug-likeness (QED) is 0.172. The zero-order valence-corrected chi connectivity index (χ0v) is 30.0. The molecule has 1 spiro atoms. The van der Waals surface area contributed by atoms with Crippen molar-refractivity contribution in [3.63, 3.8) is 0 Å². The maximum atomic E-state index is 14.6. The van der Waals surface area contributed by atoms with Crippen molar-refractivity contribution in [3.8, 4) is 0 Å². The van der Waals surface area contributed by atoms with Crippen LogP contribution >= 0.6 is 15.9 Å². The molecule has 258 valence electrons. The smallest absolute Gasteiger partial charge is 0.313 e. The van der Waals surface area contributed by atoms with Crippen LogP contribution < -0.4 is 0 Å². The van der Waals surface area contributed by atoms with E-state index in [1.54, 1.807) is 29.0 Å². The zero-order chi connectivity index (χ0) is 34.8. The molecule has 1 aromatic rings. The first kappa shape index (κ1) is 36.8. The fourth-order valence-electron chi connectivity index (χ4n) is 7.52. The molecule has 47 heavy (non-hydrogen) atoms. The molecule has 0 saturated carbocycles. The minimum Gasteiger partial charge on any atom is -0.455 e. The number of esters is 1. The predicted octanol–water partition coefficient (Wildman–Crippen LogP) is 4.42. The van der Waals surface area contributed by atoms with Gasteiger partial charge < -0.3 is 29.3 Å². The average Bonchev–Trinajstić information content (AvgIpc) is 3.64. The third kappa shape index (κ3) is 6.68. The second kappa shape index (κ2) is 14.6. The van der Waals surface area contributed by atoms with E-state index >= 15 is 0 Å². The summed E-state index contributed by atoms with van der Waals surface area (Å²) in [5, 5.41) is 10.4. The number of hydrogen-bond donors (Lipinski definition) is 1. The van der Waals surface area contributed by atoms with E-state index in [2.05, 4.69) is 29.1 Å². The molecule has 3 heterocycles. The number of amides is 3. The van der Waals surface area contributed by atoms with Gasteiger partial charge in [-0.05, 0) is 52.5 Å². The van der Waals surface area contributed by atoms with Gasteiger partial charge in [0, 0.05) is 30.4 Å². The number of carbonyl (C=O) groups excluding carboxylic acids is 4. The molecule has 9 atom stereocenters. The van der Waals surface area contributed by atoms with Crippen molar-refractivity contribution in [2.75, 3.05) is 20.2 Å². The number of hydrogen-bond acceptors (Lipinski definition) is 7. The first-order chi connectivity index (χ1) is 22.2. The highest BCUT2D eigenvalue weighted by atomic mass is 79.9. The number of allylic oxidation sites excluding steroid dienone is 1. The zero-order valence-electron chi connectivity index (χ0n) is 28.4. The van der Waals surface area contributed by atoms with Gasteiger partial charge in [0.25, 0.3) is 0 Å². The number of nitrogens with zero attached hydrogens (tertiary/aromatic N) is 3. The van der Waals surface area contributed by atoms with Crippen LogP contribution in [0.5, 0.6) is 0 Å². The molecular weight excluding hydrogens is 666 g/mol. The van der Waals surface area contributed by atoms with Crippen LogP contribution in [0.4, 0.5) is 0 Å². The molecule has 2 bridgehead atoms. The molecule has 3 amide bonds. The minimum absolute atomic E-state index is 0.113. The van der Waals surface area contributed by atoms with E-state index in [1.807, 2.05) is 65.0 Å². The highest BCUT2D eigenvalue weighted by Gasteiger charge is 2.77. The fourth-order valence-corrected chi connectivity index (χ4v) is 8.46. The Balaban J connectivity index is 1.76. The number of aliphatic hydroxyl groups is 1. The van der Waals surface area contributed by atoms with E-state index in [9.17, 15) is 24.3 Å². The third-order valence-electron chi connectivity index (χ3n) is 10.1. The van der Waals surface area contributed by atoms with E-state index in [0.717, 1.165) is 0 Å². The Morgan fingerprint density at radius 1 is 1.21 bits per heavy atom. The van der Waals surface area contributed by atoms with Gasteiger partial charge in [-0.1, -0.05) is 65.3 Å². The van der Waals surface area contributed by atoms with E-state index in [-0.39, 0.29) is 36.2 Å². The summed E-state index contributed by atoms with van der Waals surface area (Å²) in [6.45, 7) is 16.9. The van der Waals surface area contributed by atoms with E-state index in [0.29, 0.717) is 24.8 Å². The molecule has 1 aromatic carbocycles. The molecule has 0 aliphatic carbocycles. The second-order valence-electron chi connectivity index (χ2n) is 13.9. The van der Waals surface area contributed by atoms with Gasteiger partial charge in [-0.3, -0.25) is 19.2 Å². The molecular formula is C36H50BrN3O7. The van der Waals surface area contributed by atoms with Crippen LogP contribution in [0.2, 0.25) is 0 Å². The molecule has 3 fully saturated rings. The molecule has 1 N–H and O–H groups in total. The molecule has 3 aliphatic rings. The lowest BCUT2D eigenvalue weighted by Crippen LogP contribution is -2.61. The summed E-state index contributed by atoms with van der Waals surface area (Å²) in [6, 6.07) is 6.97. The molecule has 1 unspecified atom stereocenters. The number of benzene rings is 1. The standard InChI is InChI=1S/C36H50BrN3O7/c1-9-12-18-26(42)38(8)22(4)29(23-16-14-13-15-17-23)46-34(45)27-28-32(43)40(24(11-3)21-41)31(36(28)20-25(37)30(27)47-36)33(44)39(19-10-2)35(5,6)7/h9-10,13-17,22,24-25,27-31,41H,1-2,11-12,18-21H2,3-8H3/t22-,24+,25?,27-,28+,29+,30-,31-,36+/m1/s1. The highest BCUT2D eigenvalue weighted by Crippen LogP contribution is 2.61. The lowest BCUT2D eigenvalue weighted by molar-refractivity contribution is -0.165. The number of halogens is 1. The van der Waals surface area contributed by atoms with Gasteiger partial charge in [0.1, 0.15) is 17.7 Å². The summed E-state index contributed by atoms with van der Waals surface area (Å²) in [7, 11) is 1.68. The number of ether oxygens (including phenoxy) is 2. The van der Waals surface area contributed by atoms with Crippen molar-refractivity contribution in [3.05, 3.63) is 61.2 Å². The first-order valence-electron chi connectivity index (χ1n) is 16.5. The Kier molecular flexibility index (Phi) is 11.4. The van der Waals surface area contributed by atoms with Crippen LogP contribution in [0.15, 0.2) is 55.6 Å². The minimum atomic E-state index is -1.31. The Labute approximate surface area is 287 Å². The van der Waals surface area contributed by atoms with Crippen LogP contribution in [0.3, 0.4) is 0 Å². The topological polar surface area (TPSA) is 117 Å². The van der Waals surface area contributed by atoms with E-state index in [1.165, 1.54) is 4.90 Å². The van der Waals surface area contributed by atoms with Crippen molar-refractivity contribution in [1.82, 2.24) is 14.7 Å². The Bertz CT molecular complexity index is 1350. The normalized spacial score (nSPS) is 28.3. The Morgan fingerprint density at radius 2 is 1.87 bits per heavy atom. The third-order valence-corrected chi connectivity index (χ3v) is 10.9. The number of carbonyl (C=O) groups is 4. The second-order valence-corrected chi connectivity index (χ2v) is 15.1. The number of alkyl halides is 1. The average molecular weight is 717 g/mol. The molecule has 0 aromatic heterocycles. The van der Waals surface area contributed by atoms with Crippen LogP contribution in [0.25, 0.3) is 0 Å². The summed E-state index contributed by atoms with van der Waals surface area (Å²) in [5.74, 6) is -3.47. The van der Waals surface area contributed by atoms with Crippen LogP contribution in [0, 0.1) is 11.8 Å². The van der Waals surface area contributed by atoms with Crippen molar-refractivity contribution in [2.45, 2.75) is 107 Å². The summed E-state index contributed by atoms with van der Waals surface area (Å²) < 4.78 is 13.0. The van der Waals surface area contributed by atoms with Crippen LogP contribution in [-0.2, 0) is 28.7 Å². The fraction of sp³-hybridized carbons (Fsp3) is 0.611. The Hall–Kier alpha value is -3.02. The Morgan fingerprint density at radius 3 is 2.43 bits per heavy atom. The molecule has 3 aliphatic heterocycles. The van der Waals surface area contributed by atoms with E-state index in [4.69, 9.17) is 9.47 Å². The van der Waals surface area contributed by atoms with Gasteiger partial charge in [0.15, 0.2) is 0 Å². The van der Waals surface area contributed by atoms with Gasteiger partial charge >= 0.3 is 5.97 Å². The monoisotopic (exact) mass is 715 g/mol. The number of rotatable bonds is 14. The largest absolute Gasteiger partial charge is 0.455 e. The van der Waals surface area contributed by atoms with Crippen molar-refractivity contribution < 1.29 is 33.8 Å². The van der Waals surface area contributed by atoms with Gasteiger partial charge in [-0.2, -0.15) is 0 Å². The number of fused-ring (bicyclic) bond motifs is 1. The number of aliphatic hydroxyl groups excluding tert-OH is 1. The van der Waals surface area contributed by atoms with Gasteiger partial charge in [-0.15, -0.1) is 13.2 Å². The molecule has 4 rings (SSSR count). The SMILES string of the molecule is C=CCCC(=O)N(C)[C@H](C)[C@H](OC(=O)[C@H]1[C@@H]2O[C@@]3(CC2Br)[C@@H]1C(=O)N([C@@H](CC)CO)[C@@H]3C(=O)N(CC=C)C(C)(C)C)c1ccccc1. The van der Waals surface area contributed by atoms with Crippen molar-refractivity contribution >= 4 is 39.6 Å². The van der Waals surface area contributed by atoms with Crippen molar-refractivity contribution in [1.29, 1.82) is 0 Å². The number of likely N-dealkylation sites (tertiary alicyclic amines) is 1. The summed E-state index contributed by atoms with van der Waals surface area (Å²) in [5.41, 5.74) is -1.21. The van der Waals surface area contributed by atoms with Crippen LogP contribution in [-0.4, -0.2) is 104 Å². The van der Waals surface area contributed by atoms with Gasteiger partial charge in [0.05, 0.1) is 36.6 Å². The maximum absolute atomic E-state index is 14.6. The lowest BCUT2D eigenvalue weighted by Gasteiger charge is -2.43. The van der Waals surface area contributed by atoms with Gasteiger partial charge in [0.2, 0.25) is 17.7 Å². The van der Waals surface area contributed by atoms with Gasteiger partial charge in [-0.25, -0.2) is 0 Å². The highest BCUT2D eigenvalue weighted by molar-refractivity contribution is 9.09. The molecule has 3 saturated heterocycles. The molecule has 11 heteroatoms. The predicted molar refractivity (Wildman–Crippen MR) is 182 cm³/mol. The van der Waals surface area contributed by atoms with E-state index < -0.39 is 65.2 Å². The lowest BCUT2D eigenvalue weighted by atomic mass is 9.70.